The van der Waals surface area contributed by atoms with Gasteiger partial charge in [-0.25, -0.2) is 9.98 Å². The molecule has 0 aliphatic heterocycles. The fourth-order valence-electron chi connectivity index (χ4n) is 1.56. The number of aliphatic imine (C=N–C) groups is 1. The first-order valence-corrected chi connectivity index (χ1v) is 7.65. The maximum Gasteiger partial charge on any atom is 0.328 e. The smallest absolute Gasteiger partial charge is 0.328 e. The number of hydrogen-bond acceptors (Lipinski definition) is 6. The minimum Gasteiger partial charge on any atom is -0.360 e. The van der Waals surface area contributed by atoms with Crippen LogP contribution in [0.3, 0.4) is 0 Å². The molecule has 0 spiro atoms. The van der Waals surface area contributed by atoms with Crippen molar-refractivity contribution in [1.82, 2.24) is 15.2 Å². The number of aromatic nitrogens is 3. The van der Waals surface area contributed by atoms with E-state index in [1.54, 1.807) is 31.2 Å². The molecule has 1 atom stereocenters. The molecule has 0 amide bonds. The molecule has 1 aromatic heterocycles. The van der Waals surface area contributed by atoms with Gasteiger partial charge in [0, 0.05) is 18.4 Å². The number of nitrogens with one attached hydrogen (secondary N) is 2. The highest BCUT2D eigenvalue weighted by molar-refractivity contribution is 8.01. The van der Waals surface area contributed by atoms with E-state index in [1.807, 2.05) is 0 Å². The van der Waals surface area contributed by atoms with Crippen molar-refractivity contribution in [3.8, 4) is 11.4 Å². The van der Waals surface area contributed by atoms with Crippen LogP contribution >= 0.6 is 0 Å². The summed E-state index contributed by atoms with van der Waals surface area (Å²) in [5.74, 6) is 0.586. The van der Waals surface area contributed by atoms with Gasteiger partial charge >= 0.3 is 10.1 Å². The zero-order valence-electron chi connectivity index (χ0n) is 11.9. The monoisotopic (exact) mass is 325 g/mol. The molecule has 9 nitrogen and oxygen atoms in total. The Kier molecular flexibility index (Phi) is 4.85. The van der Waals surface area contributed by atoms with Gasteiger partial charge < -0.3 is 10.1 Å². The number of hydrogen-bond donors (Lipinski definition) is 3. The number of H-pyrrole nitrogens is 1. The first kappa shape index (κ1) is 16.1. The second-order valence-corrected chi connectivity index (χ2v) is 5.62. The fraction of sp³-hybridized carbons (Fsp3) is 0.250. The quantitative estimate of drug-likeness (QED) is 0.436. The van der Waals surface area contributed by atoms with Crippen LogP contribution in [0, 0.1) is 0 Å². The van der Waals surface area contributed by atoms with Crippen molar-refractivity contribution in [2.75, 3.05) is 12.4 Å². The summed E-state index contributed by atoms with van der Waals surface area (Å²) in [7, 11) is -3.11. The number of rotatable bonds is 4. The maximum atomic E-state index is 11.3. The van der Waals surface area contributed by atoms with E-state index in [4.69, 9.17) is 4.74 Å². The van der Waals surface area contributed by atoms with Crippen molar-refractivity contribution >= 4 is 21.0 Å². The van der Waals surface area contributed by atoms with Gasteiger partial charge in [-0.05, 0) is 31.2 Å². The third-order valence-corrected chi connectivity index (χ3v) is 3.41. The van der Waals surface area contributed by atoms with Crippen molar-refractivity contribution in [3.63, 3.8) is 0 Å². The topological polar surface area (TPSA) is 130 Å². The highest BCUT2D eigenvalue weighted by atomic mass is 32.2. The van der Waals surface area contributed by atoms with Gasteiger partial charge in [0.2, 0.25) is 0 Å². The molecule has 3 N–H and O–H groups in total. The zero-order valence-corrected chi connectivity index (χ0v) is 12.7. The molecule has 0 aliphatic rings. The average Bonchev–Trinajstić information content (AvgIpc) is 3.00. The second kappa shape index (κ2) is 6.64. The third kappa shape index (κ3) is 4.10. The summed E-state index contributed by atoms with van der Waals surface area (Å²) in [6.45, 7) is 1.54. The molecule has 0 bridgehead atoms. The molecule has 1 heterocycles. The molecule has 0 saturated heterocycles. The Hall–Kier alpha value is -2.30. The molecule has 10 heteroatoms. The molecule has 0 saturated carbocycles. The lowest BCUT2D eigenvalue weighted by molar-refractivity contribution is 0.126. The Bertz CT molecular complexity index is 740. The van der Waals surface area contributed by atoms with E-state index >= 15 is 0 Å². The summed E-state index contributed by atoms with van der Waals surface area (Å²) in [5, 5.41) is 8.41. The molecule has 0 fully saturated rings. The van der Waals surface area contributed by atoms with Crippen LogP contribution in [0.4, 0.5) is 5.69 Å². The van der Waals surface area contributed by atoms with Crippen LogP contribution < -0.4 is 5.32 Å². The predicted molar refractivity (Wildman–Crippen MR) is 80.9 cm³/mol. The fourth-order valence-corrected chi connectivity index (χ4v) is 2.09. The van der Waals surface area contributed by atoms with Crippen LogP contribution in [0.15, 0.2) is 35.6 Å². The van der Waals surface area contributed by atoms with Crippen molar-refractivity contribution in [3.05, 3.63) is 30.6 Å². The minimum absolute atomic E-state index is 0.433. The first-order valence-electron chi connectivity index (χ1n) is 6.21. The number of anilines is 1. The Morgan fingerprint density at radius 2 is 2.09 bits per heavy atom. The number of ether oxygens (including phenoxy) is 1. The Balaban J connectivity index is 2.22. The van der Waals surface area contributed by atoms with Gasteiger partial charge in [0.15, 0.2) is 5.82 Å². The molecular formula is C12H15N5O4S. The van der Waals surface area contributed by atoms with E-state index < -0.39 is 21.5 Å². The molecule has 0 aliphatic carbocycles. The van der Waals surface area contributed by atoms with Gasteiger partial charge in [-0.3, -0.25) is 9.65 Å². The molecule has 22 heavy (non-hydrogen) atoms. The Morgan fingerprint density at radius 1 is 1.41 bits per heavy atom. The average molecular weight is 325 g/mol. The molecular weight excluding hydrogens is 310 g/mol. The molecule has 2 rings (SSSR count). The van der Waals surface area contributed by atoms with Crippen LogP contribution in [-0.2, 0) is 14.9 Å². The van der Waals surface area contributed by atoms with E-state index in [1.165, 1.54) is 13.4 Å². The van der Waals surface area contributed by atoms with E-state index in [0.29, 0.717) is 11.5 Å². The molecule has 1 unspecified atom stereocenters. The number of amidine groups is 1. The number of benzene rings is 1. The van der Waals surface area contributed by atoms with Crippen molar-refractivity contribution in [2.24, 2.45) is 4.99 Å². The zero-order chi connectivity index (χ0) is 16.2. The number of nitrogens with zero attached hydrogens (tertiary/aromatic N) is 3. The highest BCUT2D eigenvalue weighted by Crippen LogP contribution is 2.17. The molecule has 1 aromatic carbocycles. The summed E-state index contributed by atoms with van der Waals surface area (Å²) in [6.07, 6.45) is 0.661. The van der Waals surface area contributed by atoms with Gasteiger partial charge in [0.05, 0.1) is 0 Å². The first-order chi connectivity index (χ1) is 10.4. The number of methoxy groups -OCH3 is 1. The van der Waals surface area contributed by atoms with Crippen LogP contribution in [0.5, 0.6) is 0 Å². The Labute approximate surface area is 127 Å². The minimum atomic E-state index is -4.49. The lowest BCUT2D eigenvalue weighted by Gasteiger charge is -2.10. The van der Waals surface area contributed by atoms with Crippen LogP contribution in [-0.4, -0.2) is 46.7 Å². The summed E-state index contributed by atoms with van der Waals surface area (Å²) in [5.41, 5.74) is 1.21. The second-order valence-electron chi connectivity index (χ2n) is 4.28. The standard InChI is InChI=1S/C12H15N5O4S/c1-8(21-2)15-12(22(18,19)20)16-10-5-3-9(4-6-10)11-13-7-14-17-11/h3-8H,1-2H3,(H,15,16)(H,13,14,17)(H,18,19,20). The Morgan fingerprint density at radius 3 is 2.59 bits per heavy atom. The normalized spacial score (nSPS) is 13.9. The molecule has 2 aromatic rings. The summed E-state index contributed by atoms with van der Waals surface area (Å²) in [6, 6.07) is 6.67. The maximum absolute atomic E-state index is 11.3. The van der Waals surface area contributed by atoms with Gasteiger partial charge in [-0.15, -0.1) is 0 Å². The van der Waals surface area contributed by atoms with Crippen LogP contribution in [0.1, 0.15) is 6.92 Å². The van der Waals surface area contributed by atoms with Gasteiger partial charge in [0.25, 0.3) is 5.17 Å². The summed E-state index contributed by atoms with van der Waals surface area (Å²) >= 11 is 0. The van der Waals surface area contributed by atoms with Gasteiger partial charge in [-0.2, -0.15) is 13.5 Å². The molecule has 0 radical (unpaired) electrons. The largest absolute Gasteiger partial charge is 0.360 e. The summed E-state index contributed by atoms with van der Waals surface area (Å²) < 4.78 is 36.7. The van der Waals surface area contributed by atoms with Crippen molar-refractivity contribution in [2.45, 2.75) is 13.2 Å². The highest BCUT2D eigenvalue weighted by Gasteiger charge is 2.17. The SMILES string of the molecule is COC(C)N=C(Nc1ccc(-c2ncn[nH]2)cc1)S(=O)(=O)O. The lowest BCUT2D eigenvalue weighted by Crippen LogP contribution is -2.25. The van der Waals surface area contributed by atoms with Gasteiger partial charge in [-0.1, -0.05) is 0 Å². The van der Waals surface area contributed by atoms with E-state index in [-0.39, 0.29) is 0 Å². The van der Waals surface area contributed by atoms with Crippen molar-refractivity contribution < 1.29 is 17.7 Å². The predicted octanol–water partition coefficient (Wildman–Crippen LogP) is 1.12. The van der Waals surface area contributed by atoms with Crippen molar-refractivity contribution in [1.29, 1.82) is 0 Å². The van der Waals surface area contributed by atoms with Gasteiger partial charge in [0.1, 0.15) is 12.6 Å². The van der Waals surface area contributed by atoms with E-state index in [2.05, 4.69) is 25.5 Å². The number of aromatic amines is 1. The van der Waals surface area contributed by atoms with Crippen LogP contribution in [0.25, 0.3) is 11.4 Å². The summed E-state index contributed by atoms with van der Waals surface area (Å²) in [4.78, 5) is 7.75. The third-order valence-electron chi connectivity index (χ3n) is 2.71. The lowest BCUT2D eigenvalue weighted by atomic mass is 10.2. The van der Waals surface area contributed by atoms with E-state index in [0.717, 1.165) is 5.56 Å². The molecule has 118 valence electrons. The van der Waals surface area contributed by atoms with Crippen LogP contribution in [0.2, 0.25) is 0 Å². The van der Waals surface area contributed by atoms with E-state index in [9.17, 15) is 13.0 Å².